The van der Waals surface area contributed by atoms with Gasteiger partial charge in [-0.15, -0.1) is 0 Å². The first kappa shape index (κ1) is 38.7. The second-order valence-corrected chi connectivity index (χ2v) is 17.6. The van der Waals surface area contributed by atoms with Gasteiger partial charge in [-0.1, -0.05) is 176 Å². The third kappa shape index (κ3) is 6.11. The molecule has 0 N–H and O–H groups in total. The van der Waals surface area contributed by atoms with Crippen LogP contribution in [0.4, 0.5) is 0 Å². The fraction of sp³-hybridized carbons (Fsp3) is 0.0154. The lowest BCUT2D eigenvalue weighted by Gasteiger charge is -2.12. The summed E-state index contributed by atoms with van der Waals surface area (Å²) in [6.45, 7) is 6.12. The number of aromatic nitrogens is 2. The fourth-order valence-electron chi connectivity index (χ4n) is 10.9. The predicted octanol–water partition coefficient (Wildman–Crippen LogP) is 17.8. The molecule has 0 saturated heterocycles. The van der Waals surface area contributed by atoms with Crippen molar-refractivity contribution in [3.05, 3.63) is 249 Å². The Morgan fingerprint density at radius 2 is 0.940 bits per heavy atom. The summed E-state index contributed by atoms with van der Waals surface area (Å²) in [4.78, 5) is 0. The Labute approximate surface area is 390 Å². The van der Waals surface area contributed by atoms with Crippen LogP contribution in [0, 0.1) is 0 Å². The molecule has 13 rings (SSSR count). The zero-order chi connectivity index (χ0) is 44.6. The maximum absolute atomic E-state index is 4.09. The maximum Gasteiger partial charge on any atom is 0.0553 e. The van der Waals surface area contributed by atoms with E-state index in [4.69, 9.17) is 0 Å². The Kier molecular flexibility index (Phi) is 8.94. The number of hydrogen-bond donors (Lipinski definition) is 0. The SMILES string of the molecule is C=C/C(=C\C=C/C)c1cccc(-c2ccc(-n3c4ccc(-c5ccc6c(c5)c5ccccc5n6-c5cccc(-c6ccccc6)c5)cc4c4c5cccc6c5c(cc43)-c3ccccc3-6)cc2)c1. The lowest BCUT2D eigenvalue weighted by molar-refractivity contribution is 1.18. The average molecular weight is 853 g/mol. The van der Waals surface area contributed by atoms with Gasteiger partial charge in [0.1, 0.15) is 0 Å². The van der Waals surface area contributed by atoms with E-state index in [0.29, 0.717) is 0 Å². The molecule has 0 aliphatic heterocycles. The van der Waals surface area contributed by atoms with Gasteiger partial charge < -0.3 is 9.13 Å². The number of nitrogens with zero attached hydrogens (tertiary/aromatic N) is 2. The third-order valence-electron chi connectivity index (χ3n) is 14.0. The molecule has 1 aliphatic rings. The second-order valence-electron chi connectivity index (χ2n) is 17.6. The summed E-state index contributed by atoms with van der Waals surface area (Å²) in [5.41, 5.74) is 21.7. The average Bonchev–Trinajstić information content (AvgIpc) is 4.03. The van der Waals surface area contributed by atoms with Crippen LogP contribution in [0.2, 0.25) is 0 Å². The molecule has 0 amide bonds. The molecule has 0 saturated carbocycles. The van der Waals surface area contributed by atoms with Crippen LogP contribution in [0.1, 0.15) is 12.5 Å². The summed E-state index contributed by atoms with van der Waals surface area (Å²) in [7, 11) is 0. The van der Waals surface area contributed by atoms with Gasteiger partial charge in [0.25, 0.3) is 0 Å². The molecular weight excluding hydrogens is 809 g/mol. The molecule has 2 heteroatoms. The lowest BCUT2D eigenvalue weighted by Crippen LogP contribution is -1.94. The van der Waals surface area contributed by atoms with E-state index in [2.05, 4.69) is 240 Å². The van der Waals surface area contributed by atoms with Gasteiger partial charge in [0.05, 0.1) is 22.1 Å². The highest BCUT2D eigenvalue weighted by molar-refractivity contribution is 6.29. The van der Waals surface area contributed by atoms with Gasteiger partial charge in [-0.25, -0.2) is 0 Å². The minimum Gasteiger partial charge on any atom is -0.309 e. The highest BCUT2D eigenvalue weighted by Crippen LogP contribution is 2.51. The van der Waals surface area contributed by atoms with Crippen molar-refractivity contribution in [1.29, 1.82) is 0 Å². The van der Waals surface area contributed by atoms with Gasteiger partial charge in [-0.3, -0.25) is 0 Å². The summed E-state index contributed by atoms with van der Waals surface area (Å²) in [6.07, 6.45) is 8.15. The highest BCUT2D eigenvalue weighted by atomic mass is 15.0. The molecule has 67 heavy (non-hydrogen) atoms. The van der Waals surface area contributed by atoms with E-state index in [1.807, 2.05) is 19.1 Å². The third-order valence-corrected chi connectivity index (χ3v) is 14.0. The van der Waals surface area contributed by atoms with Crippen LogP contribution < -0.4 is 0 Å². The van der Waals surface area contributed by atoms with Gasteiger partial charge in [0.2, 0.25) is 0 Å². The fourth-order valence-corrected chi connectivity index (χ4v) is 10.9. The van der Waals surface area contributed by atoms with Crippen molar-refractivity contribution >= 4 is 60.0 Å². The quantitative estimate of drug-likeness (QED) is 0.135. The lowest BCUT2D eigenvalue weighted by atomic mass is 9.96. The molecule has 0 radical (unpaired) electrons. The summed E-state index contributed by atoms with van der Waals surface area (Å²) in [5, 5.41) is 7.63. The summed E-state index contributed by atoms with van der Waals surface area (Å²) in [5.74, 6) is 0. The molecule has 314 valence electrons. The Morgan fingerprint density at radius 3 is 1.73 bits per heavy atom. The number of para-hydroxylation sites is 1. The van der Waals surface area contributed by atoms with E-state index in [9.17, 15) is 0 Å². The normalized spacial score (nSPS) is 12.3. The molecular formula is C65H44N2. The van der Waals surface area contributed by atoms with Crippen LogP contribution in [0.15, 0.2) is 243 Å². The molecule has 10 aromatic carbocycles. The topological polar surface area (TPSA) is 9.86 Å². The Hall–Kier alpha value is -8.72. The minimum atomic E-state index is 1.10. The van der Waals surface area contributed by atoms with Crippen molar-refractivity contribution in [3.63, 3.8) is 0 Å². The van der Waals surface area contributed by atoms with E-state index in [1.54, 1.807) is 0 Å². The first-order valence-corrected chi connectivity index (χ1v) is 23.1. The standard InChI is InChI=1S/C65H44N2/c1-3-5-16-42(4-2)45-19-13-20-46(37-45)44-29-33-50(34-30-44)66-62-36-32-49(40-59(62)65-56-27-15-26-55-52-23-9-10-24-53(52)58(64(55)56)41-63(65)66)48-31-35-61-57(39-48)54-25-11-12-28-60(54)67(61)51-22-14-21-47(38-51)43-17-7-6-8-18-43/h3-41H,2H2,1H3/b5-3-,42-16+. The molecule has 12 aromatic rings. The molecule has 0 fully saturated rings. The molecule has 1 aliphatic carbocycles. The highest BCUT2D eigenvalue weighted by Gasteiger charge is 2.26. The Morgan fingerprint density at radius 1 is 0.373 bits per heavy atom. The second kappa shape index (κ2) is 15.5. The number of rotatable bonds is 8. The summed E-state index contributed by atoms with van der Waals surface area (Å²) in [6, 6.07) is 78.5. The van der Waals surface area contributed by atoms with Crippen LogP contribution in [0.3, 0.4) is 0 Å². The van der Waals surface area contributed by atoms with E-state index in [0.717, 1.165) is 22.5 Å². The van der Waals surface area contributed by atoms with Crippen molar-refractivity contribution < 1.29 is 0 Å². The van der Waals surface area contributed by atoms with Crippen molar-refractivity contribution in [2.24, 2.45) is 0 Å². The van der Waals surface area contributed by atoms with Crippen molar-refractivity contribution in [1.82, 2.24) is 9.13 Å². The first-order valence-electron chi connectivity index (χ1n) is 23.1. The van der Waals surface area contributed by atoms with E-state index in [1.165, 1.54) is 110 Å². The number of allylic oxidation sites excluding steroid dienone is 5. The molecule has 0 spiro atoms. The molecule has 0 bridgehead atoms. The summed E-state index contributed by atoms with van der Waals surface area (Å²) >= 11 is 0. The number of benzene rings is 10. The molecule has 2 heterocycles. The number of hydrogen-bond acceptors (Lipinski definition) is 0. The van der Waals surface area contributed by atoms with Crippen LogP contribution in [-0.2, 0) is 0 Å². The predicted molar refractivity (Wildman–Crippen MR) is 286 cm³/mol. The number of fused-ring (bicyclic) bond motifs is 10. The largest absolute Gasteiger partial charge is 0.309 e. The first-order chi connectivity index (χ1) is 33.1. The maximum atomic E-state index is 4.09. The van der Waals surface area contributed by atoms with Gasteiger partial charge in [0.15, 0.2) is 0 Å². The van der Waals surface area contributed by atoms with Crippen LogP contribution >= 0.6 is 0 Å². The molecule has 0 atom stereocenters. The van der Waals surface area contributed by atoms with E-state index >= 15 is 0 Å². The molecule has 2 aromatic heterocycles. The summed E-state index contributed by atoms with van der Waals surface area (Å²) < 4.78 is 4.90. The molecule has 0 unspecified atom stereocenters. The van der Waals surface area contributed by atoms with Crippen molar-refractivity contribution in [2.45, 2.75) is 6.92 Å². The zero-order valence-electron chi connectivity index (χ0n) is 37.1. The smallest absolute Gasteiger partial charge is 0.0553 e. The van der Waals surface area contributed by atoms with E-state index < -0.39 is 0 Å². The van der Waals surface area contributed by atoms with Crippen molar-refractivity contribution in [3.8, 4) is 67.0 Å². The van der Waals surface area contributed by atoms with Crippen LogP contribution in [0.5, 0.6) is 0 Å². The van der Waals surface area contributed by atoms with Crippen LogP contribution in [-0.4, -0.2) is 9.13 Å². The van der Waals surface area contributed by atoms with Gasteiger partial charge in [-0.2, -0.15) is 0 Å². The van der Waals surface area contributed by atoms with Crippen LogP contribution in [0.25, 0.3) is 127 Å². The van der Waals surface area contributed by atoms with Gasteiger partial charge in [-0.05, 0) is 151 Å². The van der Waals surface area contributed by atoms with Gasteiger partial charge in [0, 0.05) is 32.9 Å². The zero-order valence-corrected chi connectivity index (χ0v) is 37.1. The Balaban J connectivity index is 0.989. The van der Waals surface area contributed by atoms with E-state index in [-0.39, 0.29) is 0 Å². The van der Waals surface area contributed by atoms with Crippen molar-refractivity contribution in [2.75, 3.05) is 0 Å². The Bertz CT molecular complexity index is 4040. The minimum absolute atomic E-state index is 1.10. The van der Waals surface area contributed by atoms with Gasteiger partial charge >= 0.3 is 0 Å². The molecule has 2 nitrogen and oxygen atoms in total. The monoisotopic (exact) mass is 852 g/mol.